The van der Waals surface area contributed by atoms with Crippen LogP contribution in [0, 0.1) is 10.1 Å². The number of nitro groups is 1. The molecule has 4 heteroatoms. The molecule has 4 nitrogen and oxygen atoms in total. The lowest BCUT2D eigenvalue weighted by Gasteiger charge is -2.00. The van der Waals surface area contributed by atoms with Crippen LogP contribution >= 0.6 is 0 Å². The van der Waals surface area contributed by atoms with Gasteiger partial charge in [-0.05, 0) is 6.42 Å². The fraction of sp³-hybridized carbons (Fsp3) is 0.417. The van der Waals surface area contributed by atoms with Crippen LogP contribution in [0.15, 0.2) is 24.3 Å². The van der Waals surface area contributed by atoms with Crippen molar-refractivity contribution in [3.8, 4) is 0 Å². The van der Waals surface area contributed by atoms with Crippen LogP contribution in [0.25, 0.3) is 0 Å². The molecule has 0 aliphatic carbocycles. The zero-order valence-electron chi connectivity index (χ0n) is 9.31. The van der Waals surface area contributed by atoms with Crippen LogP contribution in [-0.4, -0.2) is 10.7 Å². The Morgan fingerprint density at radius 1 is 1.38 bits per heavy atom. The van der Waals surface area contributed by atoms with E-state index in [-0.39, 0.29) is 11.5 Å². The highest BCUT2D eigenvalue weighted by atomic mass is 16.6. The fourth-order valence-corrected chi connectivity index (χ4v) is 1.47. The summed E-state index contributed by atoms with van der Waals surface area (Å²) >= 11 is 0. The Kier molecular flexibility index (Phi) is 4.64. The number of carbonyl (C=O) groups excluding carboxylic acids is 1. The first-order valence-electron chi connectivity index (χ1n) is 5.42. The van der Waals surface area contributed by atoms with Gasteiger partial charge in [-0.2, -0.15) is 0 Å². The van der Waals surface area contributed by atoms with Gasteiger partial charge in [0.05, 0.1) is 4.92 Å². The van der Waals surface area contributed by atoms with E-state index in [1.807, 2.05) is 0 Å². The minimum Gasteiger partial charge on any atom is -0.294 e. The van der Waals surface area contributed by atoms with E-state index in [2.05, 4.69) is 6.92 Å². The highest BCUT2D eigenvalue weighted by Gasteiger charge is 2.10. The van der Waals surface area contributed by atoms with Gasteiger partial charge in [-0.25, -0.2) is 0 Å². The third-order valence-electron chi connectivity index (χ3n) is 2.39. The molecule has 0 aromatic heterocycles. The SMILES string of the molecule is CCCCCC(=O)c1cccc([N+](=O)[O-])c1. The third kappa shape index (κ3) is 3.46. The van der Waals surface area contributed by atoms with Crippen LogP contribution in [0.1, 0.15) is 43.0 Å². The number of Topliss-reactive ketones (excluding diaryl/α,β-unsaturated/α-hetero) is 1. The molecule has 0 saturated heterocycles. The van der Waals surface area contributed by atoms with E-state index < -0.39 is 4.92 Å². The van der Waals surface area contributed by atoms with E-state index in [1.165, 1.54) is 12.1 Å². The lowest BCUT2D eigenvalue weighted by molar-refractivity contribution is -0.384. The lowest BCUT2D eigenvalue weighted by atomic mass is 10.0. The Hall–Kier alpha value is -1.71. The van der Waals surface area contributed by atoms with Crippen molar-refractivity contribution in [3.63, 3.8) is 0 Å². The molecule has 1 aromatic carbocycles. The minimum absolute atomic E-state index is 0.0165. The van der Waals surface area contributed by atoms with E-state index in [0.29, 0.717) is 12.0 Å². The monoisotopic (exact) mass is 221 g/mol. The van der Waals surface area contributed by atoms with Gasteiger partial charge in [-0.1, -0.05) is 31.9 Å². The largest absolute Gasteiger partial charge is 0.294 e. The van der Waals surface area contributed by atoms with Crippen molar-refractivity contribution < 1.29 is 9.72 Å². The Bertz CT molecular complexity index is 388. The Labute approximate surface area is 94.4 Å². The van der Waals surface area contributed by atoms with Gasteiger partial charge in [0.25, 0.3) is 5.69 Å². The molecule has 0 atom stereocenters. The smallest absolute Gasteiger partial charge is 0.270 e. The number of benzene rings is 1. The van der Waals surface area contributed by atoms with Gasteiger partial charge in [-0.3, -0.25) is 14.9 Å². The summed E-state index contributed by atoms with van der Waals surface area (Å²) in [5, 5.41) is 10.5. The normalized spacial score (nSPS) is 10.1. The Balaban J connectivity index is 2.68. The van der Waals surface area contributed by atoms with Crippen molar-refractivity contribution in [3.05, 3.63) is 39.9 Å². The molecule has 0 fully saturated rings. The molecule has 0 radical (unpaired) electrons. The van der Waals surface area contributed by atoms with Crippen LogP contribution in [0.5, 0.6) is 0 Å². The maximum absolute atomic E-state index is 11.7. The molecule has 0 amide bonds. The van der Waals surface area contributed by atoms with Gasteiger partial charge in [0.1, 0.15) is 0 Å². The number of non-ortho nitro benzene ring substituents is 1. The van der Waals surface area contributed by atoms with Crippen LogP contribution in [0.4, 0.5) is 5.69 Å². The maximum atomic E-state index is 11.7. The molecule has 1 aromatic rings. The van der Waals surface area contributed by atoms with Crippen molar-refractivity contribution in [2.24, 2.45) is 0 Å². The molecular formula is C12H15NO3. The molecule has 0 heterocycles. The van der Waals surface area contributed by atoms with Crippen molar-refractivity contribution in [2.75, 3.05) is 0 Å². The molecule has 0 spiro atoms. The highest BCUT2D eigenvalue weighted by molar-refractivity contribution is 5.96. The summed E-state index contributed by atoms with van der Waals surface area (Å²) in [5.74, 6) is -0.0165. The number of hydrogen-bond donors (Lipinski definition) is 0. The topological polar surface area (TPSA) is 60.2 Å². The van der Waals surface area contributed by atoms with Crippen molar-refractivity contribution in [2.45, 2.75) is 32.6 Å². The van der Waals surface area contributed by atoms with Gasteiger partial charge in [-0.15, -0.1) is 0 Å². The van der Waals surface area contributed by atoms with Crippen molar-refractivity contribution in [1.82, 2.24) is 0 Å². The number of rotatable bonds is 6. The summed E-state index contributed by atoms with van der Waals surface area (Å²) in [4.78, 5) is 21.7. The summed E-state index contributed by atoms with van der Waals surface area (Å²) < 4.78 is 0. The summed E-state index contributed by atoms with van der Waals surface area (Å²) in [6, 6.07) is 5.91. The number of nitrogens with zero attached hydrogens (tertiary/aromatic N) is 1. The predicted molar refractivity (Wildman–Crippen MR) is 61.6 cm³/mol. The Morgan fingerprint density at radius 2 is 2.12 bits per heavy atom. The highest BCUT2D eigenvalue weighted by Crippen LogP contribution is 2.15. The van der Waals surface area contributed by atoms with E-state index >= 15 is 0 Å². The molecular weight excluding hydrogens is 206 g/mol. The second kappa shape index (κ2) is 6.00. The number of nitro benzene ring substituents is 1. The maximum Gasteiger partial charge on any atom is 0.270 e. The molecule has 16 heavy (non-hydrogen) atoms. The first-order valence-corrected chi connectivity index (χ1v) is 5.42. The Morgan fingerprint density at radius 3 is 2.75 bits per heavy atom. The molecule has 1 rings (SSSR count). The third-order valence-corrected chi connectivity index (χ3v) is 2.39. The zero-order valence-corrected chi connectivity index (χ0v) is 9.31. The van der Waals surface area contributed by atoms with Crippen LogP contribution in [0.2, 0.25) is 0 Å². The van der Waals surface area contributed by atoms with Crippen LogP contribution < -0.4 is 0 Å². The summed E-state index contributed by atoms with van der Waals surface area (Å²) in [6.07, 6.45) is 3.38. The van der Waals surface area contributed by atoms with Crippen molar-refractivity contribution >= 4 is 11.5 Å². The number of unbranched alkanes of at least 4 members (excludes halogenated alkanes) is 2. The van der Waals surface area contributed by atoms with E-state index in [9.17, 15) is 14.9 Å². The van der Waals surface area contributed by atoms with Crippen LogP contribution in [0.3, 0.4) is 0 Å². The molecule has 86 valence electrons. The molecule has 0 bridgehead atoms. The van der Waals surface area contributed by atoms with Crippen LogP contribution in [-0.2, 0) is 0 Å². The lowest BCUT2D eigenvalue weighted by Crippen LogP contribution is -1.99. The summed E-state index contributed by atoms with van der Waals surface area (Å²) in [5.41, 5.74) is 0.409. The first-order chi connectivity index (χ1) is 7.65. The number of hydrogen-bond acceptors (Lipinski definition) is 3. The van der Waals surface area contributed by atoms with E-state index in [1.54, 1.807) is 12.1 Å². The average Bonchev–Trinajstić information content (AvgIpc) is 2.29. The van der Waals surface area contributed by atoms with Gasteiger partial charge in [0.2, 0.25) is 0 Å². The standard InChI is InChI=1S/C12H15NO3/c1-2-3-4-8-12(14)10-6-5-7-11(9-10)13(15)16/h5-7,9H,2-4,8H2,1H3. The van der Waals surface area contributed by atoms with Gasteiger partial charge in [0, 0.05) is 24.1 Å². The fourth-order valence-electron chi connectivity index (χ4n) is 1.47. The minimum atomic E-state index is -0.483. The zero-order chi connectivity index (χ0) is 12.0. The average molecular weight is 221 g/mol. The number of carbonyl (C=O) groups is 1. The molecule has 0 aliphatic rings. The molecule has 0 N–H and O–H groups in total. The molecule has 0 unspecified atom stereocenters. The second-order valence-electron chi connectivity index (χ2n) is 3.69. The first kappa shape index (κ1) is 12.4. The van der Waals surface area contributed by atoms with E-state index in [4.69, 9.17) is 0 Å². The van der Waals surface area contributed by atoms with E-state index in [0.717, 1.165) is 19.3 Å². The summed E-state index contributed by atoms with van der Waals surface area (Å²) in [7, 11) is 0. The quantitative estimate of drug-likeness (QED) is 0.320. The van der Waals surface area contributed by atoms with Gasteiger partial charge < -0.3 is 0 Å². The second-order valence-corrected chi connectivity index (χ2v) is 3.69. The van der Waals surface area contributed by atoms with Gasteiger partial charge in [0.15, 0.2) is 5.78 Å². The molecule has 0 saturated carbocycles. The number of ketones is 1. The predicted octanol–water partition coefficient (Wildman–Crippen LogP) is 3.36. The van der Waals surface area contributed by atoms with Gasteiger partial charge >= 0.3 is 0 Å². The van der Waals surface area contributed by atoms with Crippen molar-refractivity contribution in [1.29, 1.82) is 0 Å². The molecule has 0 aliphatic heterocycles. The summed E-state index contributed by atoms with van der Waals surface area (Å²) in [6.45, 7) is 2.07.